The summed E-state index contributed by atoms with van der Waals surface area (Å²) in [5.41, 5.74) is 2.29. The monoisotopic (exact) mass is 258 g/mol. The first-order chi connectivity index (χ1) is 9.08. The van der Waals surface area contributed by atoms with E-state index in [1.54, 1.807) is 0 Å². The molecule has 0 aliphatic heterocycles. The molecule has 0 N–H and O–H groups in total. The lowest BCUT2D eigenvalue weighted by Gasteiger charge is -2.07. The number of hydrogen-bond donors (Lipinski definition) is 0. The van der Waals surface area contributed by atoms with E-state index in [1.807, 2.05) is 32.0 Å². The minimum absolute atomic E-state index is 0.115. The summed E-state index contributed by atoms with van der Waals surface area (Å²) in [6.07, 6.45) is 2.78. The molecule has 98 valence electrons. The van der Waals surface area contributed by atoms with Crippen LogP contribution in [-0.2, 0) is 4.74 Å². The third kappa shape index (κ3) is 3.28. The highest BCUT2D eigenvalue weighted by molar-refractivity contribution is 5.86. The highest BCUT2D eigenvalue weighted by atomic mass is 16.5. The van der Waals surface area contributed by atoms with Gasteiger partial charge in [-0.1, -0.05) is 6.07 Å². The maximum Gasteiger partial charge on any atom is 0.358 e. The summed E-state index contributed by atoms with van der Waals surface area (Å²) in [5.74, 6) is 0.375. The zero-order valence-corrected chi connectivity index (χ0v) is 11.0. The predicted molar refractivity (Wildman–Crippen MR) is 69.4 cm³/mol. The Morgan fingerprint density at radius 3 is 2.42 bits per heavy atom. The molecular weight excluding hydrogens is 244 g/mol. The van der Waals surface area contributed by atoms with Gasteiger partial charge in [0, 0.05) is 0 Å². The number of ether oxygens (including phenoxy) is 2. The summed E-state index contributed by atoms with van der Waals surface area (Å²) in [6, 6.07) is 5.82. The van der Waals surface area contributed by atoms with Crippen LogP contribution in [0.2, 0.25) is 0 Å². The maximum absolute atomic E-state index is 11.3. The van der Waals surface area contributed by atoms with Crippen molar-refractivity contribution >= 4 is 5.97 Å². The molecule has 1 heterocycles. The molecule has 0 saturated carbocycles. The zero-order valence-electron chi connectivity index (χ0n) is 11.0. The van der Waals surface area contributed by atoms with Crippen LogP contribution in [0, 0.1) is 13.8 Å². The molecule has 5 nitrogen and oxygen atoms in total. The molecule has 19 heavy (non-hydrogen) atoms. The maximum atomic E-state index is 11.3. The Morgan fingerprint density at radius 1 is 1.11 bits per heavy atom. The number of methoxy groups -OCH3 is 1. The lowest BCUT2D eigenvalue weighted by Crippen LogP contribution is -2.05. The van der Waals surface area contributed by atoms with Gasteiger partial charge in [-0.05, 0) is 37.1 Å². The molecule has 2 aromatic rings. The predicted octanol–water partition coefficient (Wildman–Crippen LogP) is 2.67. The molecule has 1 aromatic carbocycles. The second-order valence-electron chi connectivity index (χ2n) is 4.16. The van der Waals surface area contributed by atoms with Gasteiger partial charge in [0.05, 0.1) is 19.5 Å². The first kappa shape index (κ1) is 13.0. The van der Waals surface area contributed by atoms with Crippen molar-refractivity contribution in [1.82, 2.24) is 9.97 Å². The largest absolute Gasteiger partial charge is 0.464 e. The summed E-state index contributed by atoms with van der Waals surface area (Å²) >= 11 is 0. The van der Waals surface area contributed by atoms with Gasteiger partial charge in [-0.25, -0.2) is 9.78 Å². The fraction of sp³-hybridized carbons (Fsp3) is 0.214. The Kier molecular flexibility index (Phi) is 3.75. The normalized spacial score (nSPS) is 10.1. The molecule has 0 fully saturated rings. The van der Waals surface area contributed by atoms with Crippen LogP contribution in [0.5, 0.6) is 11.6 Å². The van der Waals surface area contributed by atoms with Crippen molar-refractivity contribution in [3.63, 3.8) is 0 Å². The van der Waals surface area contributed by atoms with Crippen LogP contribution < -0.4 is 4.74 Å². The molecule has 0 bridgehead atoms. The Hall–Kier alpha value is -2.43. The fourth-order valence-electron chi connectivity index (χ4n) is 1.71. The van der Waals surface area contributed by atoms with Gasteiger partial charge in [0.1, 0.15) is 5.75 Å². The number of nitrogens with zero attached hydrogens (tertiary/aromatic N) is 2. The minimum atomic E-state index is -0.543. The lowest BCUT2D eigenvalue weighted by atomic mass is 10.1. The standard InChI is InChI=1S/C14H14N2O3/c1-9-4-10(2)6-11(5-9)19-13-8-15-7-12(16-13)14(17)18-3/h4-8H,1-3H3. The smallest absolute Gasteiger partial charge is 0.358 e. The van der Waals surface area contributed by atoms with E-state index in [0.717, 1.165) is 11.1 Å². The molecule has 0 saturated heterocycles. The number of hydrogen-bond acceptors (Lipinski definition) is 5. The number of carbonyl (C=O) groups excluding carboxylic acids is 1. The lowest BCUT2D eigenvalue weighted by molar-refractivity contribution is 0.0592. The van der Waals surface area contributed by atoms with Crippen molar-refractivity contribution in [3.05, 3.63) is 47.4 Å². The van der Waals surface area contributed by atoms with E-state index >= 15 is 0 Å². The molecule has 0 aliphatic rings. The second-order valence-corrected chi connectivity index (χ2v) is 4.16. The number of aryl methyl sites for hydroxylation is 2. The number of benzene rings is 1. The molecule has 0 atom stereocenters. The van der Waals surface area contributed by atoms with Crippen LogP contribution in [0.3, 0.4) is 0 Å². The Morgan fingerprint density at radius 2 is 1.79 bits per heavy atom. The van der Waals surface area contributed by atoms with Gasteiger partial charge in [0.15, 0.2) is 5.69 Å². The topological polar surface area (TPSA) is 61.3 Å². The first-order valence-electron chi connectivity index (χ1n) is 5.75. The highest BCUT2D eigenvalue weighted by Gasteiger charge is 2.09. The SMILES string of the molecule is COC(=O)c1cncc(Oc2cc(C)cc(C)c2)n1. The molecule has 0 unspecified atom stereocenters. The van der Waals surface area contributed by atoms with Crippen LogP contribution in [0.15, 0.2) is 30.6 Å². The average Bonchev–Trinajstić information content (AvgIpc) is 2.37. The van der Waals surface area contributed by atoms with E-state index < -0.39 is 5.97 Å². The fourth-order valence-corrected chi connectivity index (χ4v) is 1.71. The van der Waals surface area contributed by atoms with Crippen molar-refractivity contribution < 1.29 is 14.3 Å². The minimum Gasteiger partial charge on any atom is -0.464 e. The third-order valence-corrected chi connectivity index (χ3v) is 2.42. The van der Waals surface area contributed by atoms with E-state index in [2.05, 4.69) is 14.7 Å². The zero-order chi connectivity index (χ0) is 13.8. The second kappa shape index (κ2) is 5.48. The van der Waals surface area contributed by atoms with E-state index in [4.69, 9.17) is 4.74 Å². The molecule has 0 amide bonds. The van der Waals surface area contributed by atoms with E-state index in [-0.39, 0.29) is 11.6 Å². The molecule has 5 heteroatoms. The molecule has 0 radical (unpaired) electrons. The van der Waals surface area contributed by atoms with Gasteiger partial charge in [-0.15, -0.1) is 0 Å². The van der Waals surface area contributed by atoms with Crippen LogP contribution >= 0.6 is 0 Å². The van der Waals surface area contributed by atoms with Crippen molar-refractivity contribution in [1.29, 1.82) is 0 Å². The Bertz CT molecular complexity index is 591. The van der Waals surface area contributed by atoms with Gasteiger partial charge < -0.3 is 9.47 Å². The van der Waals surface area contributed by atoms with Crippen molar-refractivity contribution in [2.45, 2.75) is 13.8 Å². The van der Waals surface area contributed by atoms with Crippen LogP contribution in [0.25, 0.3) is 0 Å². The van der Waals surface area contributed by atoms with Crippen molar-refractivity contribution in [2.75, 3.05) is 7.11 Å². The average molecular weight is 258 g/mol. The summed E-state index contributed by atoms with van der Waals surface area (Å²) in [5, 5.41) is 0. The summed E-state index contributed by atoms with van der Waals surface area (Å²) in [4.78, 5) is 19.3. The molecule has 1 aromatic heterocycles. The van der Waals surface area contributed by atoms with Gasteiger partial charge in [-0.2, -0.15) is 0 Å². The number of aromatic nitrogens is 2. The first-order valence-corrected chi connectivity index (χ1v) is 5.75. The van der Waals surface area contributed by atoms with Crippen molar-refractivity contribution in [3.8, 4) is 11.6 Å². The summed E-state index contributed by atoms with van der Waals surface area (Å²) < 4.78 is 10.2. The quantitative estimate of drug-likeness (QED) is 0.792. The van der Waals surface area contributed by atoms with Crippen LogP contribution in [-0.4, -0.2) is 23.0 Å². The molecule has 2 rings (SSSR count). The number of esters is 1. The molecule has 0 aliphatic carbocycles. The van der Waals surface area contributed by atoms with Gasteiger partial charge >= 0.3 is 5.97 Å². The molecular formula is C14H14N2O3. The highest BCUT2D eigenvalue weighted by Crippen LogP contribution is 2.21. The van der Waals surface area contributed by atoms with Gasteiger partial charge in [0.25, 0.3) is 0 Å². The van der Waals surface area contributed by atoms with E-state index in [0.29, 0.717) is 5.75 Å². The van der Waals surface area contributed by atoms with Crippen molar-refractivity contribution in [2.24, 2.45) is 0 Å². The number of rotatable bonds is 3. The Balaban J connectivity index is 2.25. The Labute approximate surface area is 111 Å². The summed E-state index contributed by atoms with van der Waals surface area (Å²) in [6.45, 7) is 3.97. The van der Waals surface area contributed by atoms with Crippen LogP contribution in [0.1, 0.15) is 21.6 Å². The third-order valence-electron chi connectivity index (χ3n) is 2.42. The van der Waals surface area contributed by atoms with E-state index in [1.165, 1.54) is 19.5 Å². The number of carbonyl (C=O) groups is 1. The van der Waals surface area contributed by atoms with E-state index in [9.17, 15) is 4.79 Å². The van der Waals surface area contributed by atoms with Gasteiger partial charge in [-0.3, -0.25) is 4.98 Å². The van der Waals surface area contributed by atoms with Crippen LogP contribution in [0.4, 0.5) is 0 Å². The summed E-state index contributed by atoms with van der Waals surface area (Å²) in [7, 11) is 1.29. The molecule has 0 spiro atoms. The van der Waals surface area contributed by atoms with Gasteiger partial charge in [0.2, 0.25) is 5.88 Å².